The highest BCUT2D eigenvalue weighted by atomic mass is 32.2. The molecule has 0 bridgehead atoms. The molecule has 1 aliphatic rings. The summed E-state index contributed by atoms with van der Waals surface area (Å²) in [5.41, 5.74) is 0. The maximum Gasteiger partial charge on any atom is 0.0249 e. The number of hydrogen-bond donors (Lipinski definition) is 1. The van der Waals surface area contributed by atoms with Crippen molar-refractivity contribution in [1.29, 1.82) is 0 Å². The van der Waals surface area contributed by atoms with Crippen LogP contribution >= 0.6 is 0 Å². The third kappa shape index (κ3) is 4.53. The number of nitrogens with one attached hydrogen (secondary N) is 1. The van der Waals surface area contributed by atoms with Gasteiger partial charge in [-0.15, -0.1) is 0 Å². The minimum atomic E-state index is -0.503. The van der Waals surface area contributed by atoms with Crippen LogP contribution in [0.5, 0.6) is 0 Å². The van der Waals surface area contributed by atoms with Crippen LogP contribution in [0.1, 0.15) is 26.7 Å². The van der Waals surface area contributed by atoms with Crippen molar-refractivity contribution in [3.63, 3.8) is 0 Å². The van der Waals surface area contributed by atoms with Gasteiger partial charge < -0.3 is 5.32 Å². The summed E-state index contributed by atoms with van der Waals surface area (Å²) in [4.78, 5) is 0. The Morgan fingerprint density at radius 3 is 2.09 bits per heavy atom. The smallest absolute Gasteiger partial charge is 0.0249 e. The van der Waals surface area contributed by atoms with Crippen molar-refractivity contribution in [3.05, 3.63) is 0 Å². The summed E-state index contributed by atoms with van der Waals surface area (Å²) in [7, 11) is 1.47. The molecule has 1 fully saturated rings. The van der Waals surface area contributed by atoms with E-state index in [4.69, 9.17) is 0 Å². The third-order valence-electron chi connectivity index (χ3n) is 1.80. The maximum absolute atomic E-state index is 10.8. The molecule has 2 nitrogen and oxygen atoms in total. The summed E-state index contributed by atoms with van der Waals surface area (Å²) in [6, 6.07) is 0.628. The summed E-state index contributed by atoms with van der Waals surface area (Å²) >= 11 is 0. The summed E-state index contributed by atoms with van der Waals surface area (Å²) < 4.78 is 10.8. The highest BCUT2D eigenvalue weighted by Gasteiger charge is 2.14. The molecule has 1 aliphatic heterocycles. The lowest BCUT2D eigenvalue weighted by Gasteiger charge is -2.19. The first-order chi connectivity index (χ1) is 5.33. The van der Waals surface area contributed by atoms with E-state index in [1.807, 2.05) is 20.9 Å². The maximum atomic E-state index is 10.8. The second-order valence-corrected chi connectivity index (χ2v) is 4.11. The Morgan fingerprint density at radius 2 is 1.73 bits per heavy atom. The van der Waals surface area contributed by atoms with Crippen LogP contribution in [0, 0.1) is 0 Å². The van der Waals surface area contributed by atoms with Crippen LogP contribution < -0.4 is 5.32 Å². The molecule has 3 heteroatoms. The number of hydrogen-bond acceptors (Lipinski definition) is 2. The van der Waals surface area contributed by atoms with E-state index in [1.54, 1.807) is 0 Å². The average molecular weight is 177 g/mol. The van der Waals surface area contributed by atoms with Gasteiger partial charge in [-0.3, -0.25) is 4.21 Å². The van der Waals surface area contributed by atoms with Gasteiger partial charge in [-0.25, -0.2) is 0 Å². The van der Waals surface area contributed by atoms with Gasteiger partial charge in [0.1, 0.15) is 0 Å². The molecule has 11 heavy (non-hydrogen) atoms. The zero-order valence-electron chi connectivity index (χ0n) is 7.72. The molecule has 0 amide bonds. The van der Waals surface area contributed by atoms with E-state index in [9.17, 15) is 4.21 Å². The molecule has 0 aliphatic carbocycles. The molecule has 1 saturated heterocycles. The normalized spacial score (nSPS) is 30.5. The zero-order chi connectivity index (χ0) is 8.69. The van der Waals surface area contributed by atoms with Gasteiger partial charge in [0.05, 0.1) is 0 Å². The highest BCUT2D eigenvalue weighted by molar-refractivity contribution is 7.85. The van der Waals surface area contributed by atoms with Crippen LogP contribution in [0.15, 0.2) is 0 Å². The molecule has 0 aromatic rings. The molecule has 0 spiro atoms. The van der Waals surface area contributed by atoms with Crippen molar-refractivity contribution in [1.82, 2.24) is 5.32 Å². The average Bonchev–Trinajstić information content (AvgIpc) is 2.10. The van der Waals surface area contributed by atoms with Gasteiger partial charge in [0, 0.05) is 28.3 Å². The van der Waals surface area contributed by atoms with Crippen molar-refractivity contribution < 1.29 is 4.21 Å². The Kier molecular flexibility index (Phi) is 6.87. The second-order valence-electron chi connectivity index (χ2n) is 2.41. The van der Waals surface area contributed by atoms with Crippen molar-refractivity contribution in [2.75, 3.05) is 18.6 Å². The Hall–Kier alpha value is 0.110. The molecular weight excluding hydrogens is 158 g/mol. The van der Waals surface area contributed by atoms with Gasteiger partial charge in [-0.2, -0.15) is 0 Å². The Balaban J connectivity index is 0.000000461. The van der Waals surface area contributed by atoms with Crippen LogP contribution in [-0.2, 0) is 10.8 Å². The SMILES string of the molecule is CC.CNC1CCS(=O)CC1. The van der Waals surface area contributed by atoms with Gasteiger partial charge in [0.25, 0.3) is 0 Å². The molecule has 0 unspecified atom stereocenters. The van der Waals surface area contributed by atoms with E-state index in [1.165, 1.54) is 0 Å². The summed E-state index contributed by atoms with van der Waals surface area (Å²) in [6.07, 6.45) is 2.17. The van der Waals surface area contributed by atoms with E-state index < -0.39 is 10.8 Å². The van der Waals surface area contributed by atoms with Gasteiger partial charge >= 0.3 is 0 Å². The standard InChI is InChI=1S/C6H13NOS.C2H6/c1-7-6-2-4-9(8)5-3-6;1-2/h6-7H,2-5H2,1H3;1-2H3. The molecule has 0 aromatic heterocycles. The molecular formula is C8H19NOS. The molecule has 0 atom stereocenters. The molecule has 1 heterocycles. The first-order valence-electron chi connectivity index (χ1n) is 4.35. The summed E-state index contributed by atoms with van der Waals surface area (Å²) in [5, 5.41) is 3.19. The molecule has 1 rings (SSSR count). The molecule has 0 saturated carbocycles. The topological polar surface area (TPSA) is 29.1 Å². The van der Waals surface area contributed by atoms with E-state index in [-0.39, 0.29) is 0 Å². The quantitative estimate of drug-likeness (QED) is 0.651. The van der Waals surface area contributed by atoms with Crippen LogP contribution in [0.25, 0.3) is 0 Å². The molecule has 1 N–H and O–H groups in total. The Morgan fingerprint density at radius 1 is 1.27 bits per heavy atom. The monoisotopic (exact) mass is 177 g/mol. The predicted octanol–water partition coefficient (Wildman–Crippen LogP) is 1.14. The van der Waals surface area contributed by atoms with Crippen LogP contribution in [-0.4, -0.2) is 28.8 Å². The van der Waals surface area contributed by atoms with E-state index in [2.05, 4.69) is 5.32 Å². The van der Waals surface area contributed by atoms with Gasteiger partial charge in [-0.1, -0.05) is 13.8 Å². The molecule has 68 valence electrons. The van der Waals surface area contributed by atoms with Crippen molar-refractivity contribution in [3.8, 4) is 0 Å². The van der Waals surface area contributed by atoms with Gasteiger partial charge in [0.15, 0.2) is 0 Å². The molecule has 0 aromatic carbocycles. The summed E-state index contributed by atoms with van der Waals surface area (Å²) in [5.74, 6) is 1.79. The Bertz CT molecular complexity index is 107. The largest absolute Gasteiger partial charge is 0.317 e. The van der Waals surface area contributed by atoms with Gasteiger partial charge in [-0.05, 0) is 19.9 Å². The fourth-order valence-electron chi connectivity index (χ4n) is 1.08. The van der Waals surface area contributed by atoms with E-state index in [0.717, 1.165) is 24.3 Å². The van der Waals surface area contributed by atoms with Crippen molar-refractivity contribution in [2.45, 2.75) is 32.7 Å². The fourth-order valence-corrected chi connectivity index (χ4v) is 2.38. The fraction of sp³-hybridized carbons (Fsp3) is 1.00. The van der Waals surface area contributed by atoms with Crippen molar-refractivity contribution >= 4 is 10.8 Å². The predicted molar refractivity (Wildman–Crippen MR) is 51.3 cm³/mol. The van der Waals surface area contributed by atoms with Crippen LogP contribution in [0.4, 0.5) is 0 Å². The minimum Gasteiger partial charge on any atom is -0.317 e. The lowest BCUT2D eigenvalue weighted by atomic mass is 10.2. The van der Waals surface area contributed by atoms with Crippen LogP contribution in [0.2, 0.25) is 0 Å². The summed E-state index contributed by atoms with van der Waals surface area (Å²) in [6.45, 7) is 4.00. The number of rotatable bonds is 1. The second kappa shape index (κ2) is 6.80. The Labute approximate surface area is 72.2 Å². The first kappa shape index (κ1) is 11.1. The first-order valence-corrected chi connectivity index (χ1v) is 5.84. The minimum absolute atomic E-state index is 0.503. The molecule has 0 radical (unpaired) electrons. The lowest BCUT2D eigenvalue weighted by Crippen LogP contribution is -2.32. The van der Waals surface area contributed by atoms with Gasteiger partial charge in [0.2, 0.25) is 0 Å². The van der Waals surface area contributed by atoms with E-state index in [0.29, 0.717) is 6.04 Å². The van der Waals surface area contributed by atoms with Crippen LogP contribution in [0.3, 0.4) is 0 Å². The lowest BCUT2D eigenvalue weighted by molar-refractivity contribution is 0.517. The van der Waals surface area contributed by atoms with E-state index >= 15 is 0 Å². The van der Waals surface area contributed by atoms with Crippen molar-refractivity contribution in [2.24, 2.45) is 0 Å². The zero-order valence-corrected chi connectivity index (χ0v) is 8.54. The third-order valence-corrected chi connectivity index (χ3v) is 3.18. The highest BCUT2D eigenvalue weighted by Crippen LogP contribution is 2.07.